The van der Waals surface area contributed by atoms with Crippen LogP contribution in [0.3, 0.4) is 0 Å². The second kappa shape index (κ2) is 7.73. The minimum Gasteiger partial charge on any atom is -0.463 e. The van der Waals surface area contributed by atoms with Crippen molar-refractivity contribution in [2.24, 2.45) is 4.99 Å². The van der Waals surface area contributed by atoms with Gasteiger partial charge in [0, 0.05) is 24.8 Å². The van der Waals surface area contributed by atoms with Crippen LogP contribution in [0.2, 0.25) is 0 Å². The molecule has 146 valence electrons. The summed E-state index contributed by atoms with van der Waals surface area (Å²) in [5, 5.41) is 5.43. The van der Waals surface area contributed by atoms with Gasteiger partial charge >= 0.3 is 0 Å². The number of nitrogens with zero attached hydrogens (tertiary/aromatic N) is 4. The van der Waals surface area contributed by atoms with Crippen molar-refractivity contribution in [2.75, 3.05) is 26.3 Å². The Kier molecular flexibility index (Phi) is 4.79. The zero-order chi connectivity index (χ0) is 19.6. The van der Waals surface area contributed by atoms with Gasteiger partial charge in [0.15, 0.2) is 10.9 Å². The third-order valence-corrected chi connectivity index (χ3v) is 5.74. The Bertz CT molecular complexity index is 1080. The van der Waals surface area contributed by atoms with Gasteiger partial charge in [0.1, 0.15) is 5.69 Å². The summed E-state index contributed by atoms with van der Waals surface area (Å²) in [6.07, 6.45) is 5.36. The average Bonchev–Trinajstić information content (AvgIpc) is 3.50. The number of hydrogen-bond donors (Lipinski definition) is 0. The number of carbonyl (C=O) groups excluding carboxylic acids is 1. The lowest BCUT2D eigenvalue weighted by atomic mass is 10.2. The number of aliphatic imine (C=N–C) groups is 1. The number of amidine groups is 1. The van der Waals surface area contributed by atoms with Crippen LogP contribution in [0.15, 0.2) is 69.2 Å². The fourth-order valence-corrected chi connectivity index (χ4v) is 4.20. The molecule has 2 aliphatic rings. The summed E-state index contributed by atoms with van der Waals surface area (Å²) in [7, 11) is 0. The van der Waals surface area contributed by atoms with Crippen LogP contribution in [0.25, 0.3) is 23.2 Å². The zero-order valence-corrected chi connectivity index (χ0v) is 16.3. The minimum atomic E-state index is -0.227. The van der Waals surface area contributed by atoms with Crippen LogP contribution in [-0.2, 0) is 9.53 Å². The fraction of sp³-hybridized carbons (Fsp3) is 0.190. The number of aromatic nitrogens is 2. The van der Waals surface area contributed by atoms with Gasteiger partial charge in [-0.15, -0.1) is 0 Å². The first-order chi connectivity index (χ1) is 14.3. The van der Waals surface area contributed by atoms with Crippen LogP contribution < -0.4 is 0 Å². The average molecular weight is 406 g/mol. The Labute approximate surface area is 171 Å². The van der Waals surface area contributed by atoms with Crippen molar-refractivity contribution in [3.63, 3.8) is 0 Å². The van der Waals surface area contributed by atoms with E-state index in [0.29, 0.717) is 29.6 Å². The number of para-hydroxylation sites is 1. The molecular weight excluding hydrogens is 388 g/mol. The number of amides is 1. The molecule has 0 unspecified atom stereocenters. The lowest BCUT2D eigenvalue weighted by Crippen LogP contribution is -2.38. The first-order valence-corrected chi connectivity index (χ1v) is 10.1. The summed E-state index contributed by atoms with van der Waals surface area (Å²) in [4.78, 5) is 19.4. The third kappa shape index (κ3) is 3.64. The molecule has 1 aromatic carbocycles. The van der Waals surface area contributed by atoms with Crippen LogP contribution in [0.4, 0.5) is 0 Å². The third-order valence-electron chi connectivity index (χ3n) is 4.70. The maximum Gasteiger partial charge on any atom is 0.286 e. The first kappa shape index (κ1) is 18.0. The van der Waals surface area contributed by atoms with Gasteiger partial charge in [0.25, 0.3) is 5.91 Å². The molecule has 0 atom stereocenters. The van der Waals surface area contributed by atoms with Crippen molar-refractivity contribution >= 4 is 28.9 Å². The summed E-state index contributed by atoms with van der Waals surface area (Å²) in [5.74, 6) is 0.422. The standard InChI is InChI=1S/C21H18N4O3S/c26-20-18(29-21(22-20)24-8-11-27-12-9-24)13-15-14-25(16-5-2-1-3-6-16)23-19(15)17-7-4-10-28-17/h1-7,10,13-14H,8-9,11-12H2/b18-13-. The first-order valence-electron chi connectivity index (χ1n) is 9.32. The number of benzene rings is 1. The molecule has 1 fully saturated rings. The molecule has 0 radical (unpaired) electrons. The van der Waals surface area contributed by atoms with E-state index in [1.807, 2.05) is 54.7 Å². The van der Waals surface area contributed by atoms with Gasteiger partial charge in [-0.1, -0.05) is 18.2 Å². The molecule has 2 aromatic heterocycles. The van der Waals surface area contributed by atoms with E-state index in [1.165, 1.54) is 11.8 Å². The van der Waals surface area contributed by atoms with Gasteiger partial charge in [-0.3, -0.25) is 4.79 Å². The number of rotatable bonds is 3. The number of morpholine rings is 1. The van der Waals surface area contributed by atoms with E-state index in [9.17, 15) is 4.79 Å². The van der Waals surface area contributed by atoms with E-state index in [4.69, 9.17) is 14.3 Å². The molecular formula is C21H18N4O3S. The van der Waals surface area contributed by atoms with Crippen molar-refractivity contribution in [3.8, 4) is 17.1 Å². The number of ether oxygens (including phenoxy) is 1. The summed E-state index contributed by atoms with van der Waals surface area (Å²) in [5.41, 5.74) is 2.42. The SMILES string of the molecule is O=C1N=C(N2CCOCC2)S/C1=C\c1cn(-c2ccccc2)nc1-c1ccco1. The van der Waals surface area contributed by atoms with E-state index in [0.717, 1.165) is 29.5 Å². The minimum absolute atomic E-state index is 0.227. The van der Waals surface area contributed by atoms with Crippen LogP contribution in [-0.4, -0.2) is 52.1 Å². The molecule has 8 heteroatoms. The van der Waals surface area contributed by atoms with Crippen molar-refractivity contribution in [1.29, 1.82) is 0 Å². The Morgan fingerprint density at radius 1 is 1.07 bits per heavy atom. The Hall–Kier alpha value is -3.10. The number of furan rings is 1. The van der Waals surface area contributed by atoms with Gasteiger partial charge < -0.3 is 14.1 Å². The Balaban J connectivity index is 1.49. The molecule has 29 heavy (non-hydrogen) atoms. The molecule has 0 saturated carbocycles. The highest BCUT2D eigenvalue weighted by Gasteiger charge is 2.28. The summed E-state index contributed by atoms with van der Waals surface area (Å²) >= 11 is 1.40. The smallest absolute Gasteiger partial charge is 0.286 e. The number of thioether (sulfide) groups is 1. The fourth-order valence-electron chi connectivity index (χ4n) is 3.24. The van der Waals surface area contributed by atoms with Gasteiger partial charge in [-0.2, -0.15) is 10.1 Å². The van der Waals surface area contributed by atoms with Crippen LogP contribution >= 0.6 is 11.8 Å². The van der Waals surface area contributed by atoms with Gasteiger partial charge in [0.2, 0.25) is 0 Å². The molecule has 2 aliphatic heterocycles. The van der Waals surface area contributed by atoms with Gasteiger partial charge in [-0.05, 0) is 42.1 Å². The highest BCUT2D eigenvalue weighted by Crippen LogP contribution is 2.33. The molecule has 0 N–H and O–H groups in total. The second-order valence-electron chi connectivity index (χ2n) is 6.60. The van der Waals surface area contributed by atoms with Crippen molar-refractivity contribution in [1.82, 2.24) is 14.7 Å². The van der Waals surface area contributed by atoms with Crippen molar-refractivity contribution in [2.45, 2.75) is 0 Å². The van der Waals surface area contributed by atoms with E-state index >= 15 is 0 Å². The van der Waals surface area contributed by atoms with Crippen LogP contribution in [0.5, 0.6) is 0 Å². The molecule has 4 heterocycles. The normalized spacial score (nSPS) is 18.5. The highest BCUT2D eigenvalue weighted by atomic mass is 32.2. The molecule has 5 rings (SSSR count). The predicted molar refractivity (Wildman–Crippen MR) is 112 cm³/mol. The number of carbonyl (C=O) groups is 1. The van der Waals surface area contributed by atoms with E-state index in [2.05, 4.69) is 9.89 Å². The lowest BCUT2D eigenvalue weighted by molar-refractivity contribution is -0.113. The van der Waals surface area contributed by atoms with Crippen molar-refractivity contribution < 1.29 is 13.9 Å². The lowest BCUT2D eigenvalue weighted by Gasteiger charge is -2.27. The largest absolute Gasteiger partial charge is 0.463 e. The molecule has 0 spiro atoms. The Morgan fingerprint density at radius 2 is 1.90 bits per heavy atom. The summed E-state index contributed by atoms with van der Waals surface area (Å²) in [6, 6.07) is 13.5. The van der Waals surface area contributed by atoms with Crippen LogP contribution in [0, 0.1) is 0 Å². The summed E-state index contributed by atoms with van der Waals surface area (Å²) < 4.78 is 12.7. The van der Waals surface area contributed by atoms with Gasteiger partial charge in [-0.25, -0.2) is 4.68 Å². The van der Waals surface area contributed by atoms with Gasteiger partial charge in [0.05, 0.1) is 30.1 Å². The predicted octanol–water partition coefficient (Wildman–Crippen LogP) is 3.43. The molecule has 3 aromatic rings. The molecule has 0 aliphatic carbocycles. The molecule has 1 amide bonds. The van der Waals surface area contributed by atoms with Crippen LogP contribution in [0.1, 0.15) is 5.56 Å². The van der Waals surface area contributed by atoms with E-state index in [-0.39, 0.29) is 5.91 Å². The maximum atomic E-state index is 12.5. The quantitative estimate of drug-likeness (QED) is 0.621. The molecule has 1 saturated heterocycles. The molecule has 7 nitrogen and oxygen atoms in total. The number of hydrogen-bond acceptors (Lipinski definition) is 6. The van der Waals surface area contributed by atoms with Crippen molar-refractivity contribution in [3.05, 3.63) is 65.4 Å². The Morgan fingerprint density at radius 3 is 2.66 bits per heavy atom. The summed E-state index contributed by atoms with van der Waals surface area (Å²) in [6.45, 7) is 2.80. The zero-order valence-electron chi connectivity index (χ0n) is 15.5. The maximum absolute atomic E-state index is 12.5. The topological polar surface area (TPSA) is 72.9 Å². The second-order valence-corrected chi connectivity index (χ2v) is 7.61. The highest BCUT2D eigenvalue weighted by molar-refractivity contribution is 8.18. The van der Waals surface area contributed by atoms with E-state index < -0.39 is 0 Å². The van der Waals surface area contributed by atoms with E-state index in [1.54, 1.807) is 10.9 Å². The monoisotopic (exact) mass is 406 g/mol. The molecule has 0 bridgehead atoms.